The molecule has 3 nitrogen and oxygen atoms in total. The lowest BCUT2D eigenvalue weighted by molar-refractivity contribution is 0.414. The number of halogens is 1. The van der Waals surface area contributed by atoms with E-state index in [-0.39, 0.29) is 0 Å². The Kier molecular flexibility index (Phi) is 3.46. The lowest BCUT2D eigenvalue weighted by Crippen LogP contribution is -2.49. The molecule has 3 rings (SSSR count). The van der Waals surface area contributed by atoms with E-state index in [1.807, 2.05) is 30.3 Å². The van der Waals surface area contributed by atoms with Gasteiger partial charge in [-0.25, -0.2) is 0 Å². The molecule has 1 atom stereocenters. The minimum Gasteiger partial charge on any atom is -0.314 e. The van der Waals surface area contributed by atoms with Crippen molar-refractivity contribution >= 4 is 22.5 Å². The third-order valence-corrected chi connectivity index (χ3v) is 3.64. The fourth-order valence-corrected chi connectivity index (χ4v) is 2.60. The van der Waals surface area contributed by atoms with Crippen molar-refractivity contribution in [2.45, 2.75) is 12.5 Å². The number of hydrogen-bond donors (Lipinski definition) is 2. The van der Waals surface area contributed by atoms with Crippen LogP contribution in [0.3, 0.4) is 0 Å². The van der Waals surface area contributed by atoms with E-state index in [0.717, 1.165) is 47.7 Å². The minimum absolute atomic E-state index is 0.421. The lowest BCUT2D eigenvalue weighted by Gasteiger charge is -2.24. The zero-order chi connectivity index (χ0) is 12.4. The van der Waals surface area contributed by atoms with Gasteiger partial charge in [-0.15, -0.1) is 0 Å². The van der Waals surface area contributed by atoms with Gasteiger partial charge >= 0.3 is 0 Å². The van der Waals surface area contributed by atoms with E-state index in [0.29, 0.717) is 6.04 Å². The van der Waals surface area contributed by atoms with E-state index in [9.17, 15) is 0 Å². The summed E-state index contributed by atoms with van der Waals surface area (Å²) in [5.74, 6) is 0. The highest BCUT2D eigenvalue weighted by Crippen LogP contribution is 2.22. The Balaban J connectivity index is 1.88. The number of pyridine rings is 1. The quantitative estimate of drug-likeness (QED) is 0.868. The number of hydrogen-bond acceptors (Lipinski definition) is 3. The summed E-state index contributed by atoms with van der Waals surface area (Å²) >= 11 is 6.31. The average molecular weight is 262 g/mol. The van der Waals surface area contributed by atoms with Crippen molar-refractivity contribution in [1.29, 1.82) is 0 Å². The number of nitrogens with one attached hydrogen (secondary N) is 2. The summed E-state index contributed by atoms with van der Waals surface area (Å²) < 4.78 is 0. The molecular formula is C14H16ClN3. The number of nitrogens with zero attached hydrogens (tertiary/aromatic N) is 1. The standard InChI is InChI=1S/C14H16ClN3/c15-12-7-10-3-1-2-4-13(10)18-14(12)8-11-9-16-5-6-17-11/h1-4,7,11,16-17H,5-6,8-9H2. The van der Waals surface area contributed by atoms with Crippen molar-refractivity contribution in [3.05, 3.63) is 41.0 Å². The first kappa shape index (κ1) is 11.9. The van der Waals surface area contributed by atoms with E-state index in [1.54, 1.807) is 0 Å². The highest BCUT2D eigenvalue weighted by molar-refractivity contribution is 6.31. The molecule has 1 aromatic carbocycles. The zero-order valence-electron chi connectivity index (χ0n) is 10.1. The Morgan fingerprint density at radius 3 is 3.00 bits per heavy atom. The van der Waals surface area contributed by atoms with E-state index in [1.165, 1.54) is 0 Å². The van der Waals surface area contributed by atoms with Crippen molar-refractivity contribution in [3.8, 4) is 0 Å². The summed E-state index contributed by atoms with van der Waals surface area (Å²) in [7, 11) is 0. The molecule has 0 spiro atoms. The van der Waals surface area contributed by atoms with Crippen LogP contribution in [-0.4, -0.2) is 30.7 Å². The average Bonchev–Trinajstić information content (AvgIpc) is 2.41. The van der Waals surface area contributed by atoms with E-state index >= 15 is 0 Å². The van der Waals surface area contributed by atoms with Crippen molar-refractivity contribution in [2.75, 3.05) is 19.6 Å². The van der Waals surface area contributed by atoms with Crippen molar-refractivity contribution in [2.24, 2.45) is 0 Å². The maximum atomic E-state index is 6.31. The third-order valence-electron chi connectivity index (χ3n) is 3.32. The molecule has 0 amide bonds. The van der Waals surface area contributed by atoms with Gasteiger partial charge in [0, 0.05) is 37.5 Å². The van der Waals surface area contributed by atoms with E-state index in [2.05, 4.69) is 15.6 Å². The molecule has 2 heterocycles. The van der Waals surface area contributed by atoms with Crippen LogP contribution < -0.4 is 10.6 Å². The zero-order valence-corrected chi connectivity index (χ0v) is 10.9. The molecule has 1 aromatic heterocycles. The van der Waals surface area contributed by atoms with Gasteiger partial charge in [0.2, 0.25) is 0 Å². The topological polar surface area (TPSA) is 37.0 Å². The molecule has 1 fully saturated rings. The number of fused-ring (bicyclic) bond motifs is 1. The normalized spacial score (nSPS) is 20.2. The third kappa shape index (κ3) is 2.48. The molecule has 18 heavy (non-hydrogen) atoms. The van der Waals surface area contributed by atoms with Crippen molar-refractivity contribution < 1.29 is 0 Å². The smallest absolute Gasteiger partial charge is 0.0706 e. The fourth-order valence-electron chi connectivity index (χ4n) is 2.36. The number of para-hydroxylation sites is 1. The van der Waals surface area contributed by atoms with Gasteiger partial charge in [-0.1, -0.05) is 29.8 Å². The number of aromatic nitrogens is 1. The summed E-state index contributed by atoms with van der Waals surface area (Å²) in [6.45, 7) is 3.02. The second kappa shape index (κ2) is 5.22. The molecule has 0 radical (unpaired) electrons. The molecule has 1 saturated heterocycles. The minimum atomic E-state index is 0.421. The molecule has 1 aliphatic rings. The second-order valence-electron chi connectivity index (χ2n) is 4.67. The molecule has 2 N–H and O–H groups in total. The maximum absolute atomic E-state index is 6.31. The Morgan fingerprint density at radius 1 is 1.28 bits per heavy atom. The van der Waals surface area contributed by atoms with Crippen LogP contribution in [0.4, 0.5) is 0 Å². The molecule has 0 aliphatic carbocycles. The first-order valence-electron chi connectivity index (χ1n) is 6.31. The number of piperazine rings is 1. The summed E-state index contributed by atoms with van der Waals surface area (Å²) in [5, 5.41) is 8.72. The maximum Gasteiger partial charge on any atom is 0.0706 e. The Morgan fingerprint density at radius 2 is 2.17 bits per heavy atom. The van der Waals surface area contributed by atoms with Gasteiger partial charge in [0.15, 0.2) is 0 Å². The van der Waals surface area contributed by atoms with Crippen LogP contribution in [-0.2, 0) is 6.42 Å². The fraction of sp³-hybridized carbons (Fsp3) is 0.357. The van der Waals surface area contributed by atoms with Crippen molar-refractivity contribution in [1.82, 2.24) is 15.6 Å². The predicted molar refractivity (Wildman–Crippen MR) is 75.1 cm³/mol. The van der Waals surface area contributed by atoms with Crippen LogP contribution in [0, 0.1) is 0 Å². The van der Waals surface area contributed by atoms with Gasteiger partial charge in [0.1, 0.15) is 0 Å². The van der Waals surface area contributed by atoms with E-state index in [4.69, 9.17) is 11.6 Å². The van der Waals surface area contributed by atoms with E-state index < -0.39 is 0 Å². The first-order valence-corrected chi connectivity index (χ1v) is 6.69. The molecule has 4 heteroatoms. The van der Waals surface area contributed by atoms with Crippen LogP contribution in [0.1, 0.15) is 5.69 Å². The van der Waals surface area contributed by atoms with Gasteiger partial charge in [0.25, 0.3) is 0 Å². The van der Waals surface area contributed by atoms with Crippen LogP contribution in [0.15, 0.2) is 30.3 Å². The van der Waals surface area contributed by atoms with Gasteiger partial charge in [0.05, 0.1) is 16.2 Å². The number of rotatable bonds is 2. The van der Waals surface area contributed by atoms with Gasteiger partial charge in [-0.05, 0) is 12.1 Å². The van der Waals surface area contributed by atoms with Crippen LogP contribution in [0.25, 0.3) is 10.9 Å². The van der Waals surface area contributed by atoms with Gasteiger partial charge in [-0.3, -0.25) is 4.98 Å². The second-order valence-corrected chi connectivity index (χ2v) is 5.08. The summed E-state index contributed by atoms with van der Waals surface area (Å²) in [5.41, 5.74) is 2.00. The van der Waals surface area contributed by atoms with Gasteiger partial charge in [-0.2, -0.15) is 0 Å². The molecule has 1 unspecified atom stereocenters. The monoisotopic (exact) mass is 261 g/mol. The summed E-state index contributed by atoms with van der Waals surface area (Å²) in [6, 6.07) is 10.5. The van der Waals surface area contributed by atoms with Crippen LogP contribution in [0.2, 0.25) is 5.02 Å². The Bertz CT molecular complexity index is 550. The highest BCUT2D eigenvalue weighted by atomic mass is 35.5. The SMILES string of the molecule is Clc1cc2ccccc2nc1CC1CNCCN1. The molecule has 0 bridgehead atoms. The molecular weight excluding hydrogens is 246 g/mol. The molecule has 1 aliphatic heterocycles. The highest BCUT2D eigenvalue weighted by Gasteiger charge is 2.15. The Hall–Kier alpha value is -1.16. The largest absolute Gasteiger partial charge is 0.314 e. The summed E-state index contributed by atoms with van der Waals surface area (Å²) in [4.78, 5) is 4.67. The number of benzene rings is 1. The Labute approximate surface area is 112 Å². The molecule has 94 valence electrons. The predicted octanol–water partition coefficient (Wildman–Crippen LogP) is 1.99. The van der Waals surface area contributed by atoms with Crippen molar-refractivity contribution in [3.63, 3.8) is 0 Å². The van der Waals surface area contributed by atoms with Crippen LogP contribution >= 0.6 is 11.6 Å². The first-order chi connectivity index (χ1) is 8.83. The van der Waals surface area contributed by atoms with Crippen LogP contribution in [0.5, 0.6) is 0 Å². The summed E-state index contributed by atoms with van der Waals surface area (Å²) in [6.07, 6.45) is 0.872. The van der Waals surface area contributed by atoms with Gasteiger partial charge < -0.3 is 10.6 Å². The lowest BCUT2D eigenvalue weighted by atomic mass is 10.1. The molecule has 0 saturated carbocycles. The molecule has 2 aromatic rings.